The van der Waals surface area contributed by atoms with Gasteiger partial charge in [0.2, 0.25) is 5.95 Å². The molecule has 2 aromatic carbocycles. The Morgan fingerprint density at radius 3 is 2.46 bits per heavy atom. The average Bonchev–Trinajstić information content (AvgIpc) is 3.36. The number of hydrogen-bond donors (Lipinski definition) is 4. The van der Waals surface area contributed by atoms with Gasteiger partial charge in [-0.1, -0.05) is 38.4 Å². The van der Waals surface area contributed by atoms with E-state index in [4.69, 9.17) is 21.7 Å². The number of thiazole rings is 1. The van der Waals surface area contributed by atoms with Gasteiger partial charge in [0.1, 0.15) is 5.69 Å². The highest BCUT2D eigenvalue weighted by Crippen LogP contribution is 2.42. The van der Waals surface area contributed by atoms with Crippen molar-refractivity contribution in [2.45, 2.75) is 45.4 Å². The standard InChI is InChI=1S/C28H28ClF3N6O2S/c1-28(2,3)26-36-23(25(41-26)19-10-12-34-27(35-19)33-11-5-4-9-21(39)40)16-13-15(29)14-20(22(16)32)37-38-24-17(30)7-6-8-18(24)31/h6-8,10,12-14,37-38H,4-5,9,11H2,1-3H3,(H,39,40)(H,33,34,35). The number of hydrogen-bond acceptors (Lipinski definition) is 8. The summed E-state index contributed by atoms with van der Waals surface area (Å²) < 4.78 is 44.2. The van der Waals surface area contributed by atoms with E-state index in [1.165, 1.54) is 29.5 Å². The predicted molar refractivity (Wildman–Crippen MR) is 156 cm³/mol. The number of carboxylic acid groups (broad SMARTS) is 1. The van der Waals surface area contributed by atoms with Crippen molar-refractivity contribution in [1.82, 2.24) is 15.0 Å². The molecular weight excluding hydrogens is 577 g/mol. The van der Waals surface area contributed by atoms with Crippen molar-refractivity contribution in [1.29, 1.82) is 0 Å². The molecule has 0 aliphatic carbocycles. The number of aliphatic carboxylic acids is 1. The van der Waals surface area contributed by atoms with E-state index in [0.717, 1.165) is 17.1 Å². The molecule has 0 saturated carbocycles. The van der Waals surface area contributed by atoms with E-state index in [2.05, 4.69) is 26.1 Å². The van der Waals surface area contributed by atoms with E-state index in [-0.39, 0.29) is 28.1 Å². The Balaban J connectivity index is 1.69. The fourth-order valence-electron chi connectivity index (χ4n) is 3.77. The van der Waals surface area contributed by atoms with Crippen molar-refractivity contribution in [3.05, 3.63) is 70.1 Å². The van der Waals surface area contributed by atoms with E-state index in [9.17, 15) is 13.6 Å². The minimum absolute atomic E-state index is 0.0688. The lowest BCUT2D eigenvalue weighted by Gasteiger charge is -2.15. The molecule has 0 fully saturated rings. The Labute approximate surface area is 244 Å². The molecule has 4 N–H and O–H groups in total. The molecule has 0 bridgehead atoms. The number of halogens is 4. The Morgan fingerprint density at radius 1 is 1.05 bits per heavy atom. The topological polar surface area (TPSA) is 112 Å². The second-order valence-electron chi connectivity index (χ2n) is 10.2. The van der Waals surface area contributed by atoms with E-state index in [1.54, 1.807) is 12.3 Å². The summed E-state index contributed by atoms with van der Waals surface area (Å²) in [6.07, 6.45) is 2.78. The van der Waals surface area contributed by atoms with Crippen LogP contribution in [0.25, 0.3) is 21.8 Å². The Bertz CT molecular complexity index is 1540. The average molecular weight is 605 g/mol. The third-order valence-electron chi connectivity index (χ3n) is 5.83. The van der Waals surface area contributed by atoms with Crippen LogP contribution in [0.5, 0.6) is 0 Å². The number of aromatic nitrogens is 3. The van der Waals surface area contributed by atoms with Gasteiger partial charge in [0.15, 0.2) is 17.5 Å². The van der Waals surface area contributed by atoms with Crippen LogP contribution in [-0.2, 0) is 10.2 Å². The zero-order valence-corrected chi connectivity index (χ0v) is 24.1. The van der Waals surface area contributed by atoms with Crippen molar-refractivity contribution in [2.75, 3.05) is 22.7 Å². The maximum atomic E-state index is 15.9. The van der Waals surface area contributed by atoms with Crippen molar-refractivity contribution in [3.8, 4) is 21.8 Å². The molecule has 2 heterocycles. The summed E-state index contributed by atoms with van der Waals surface area (Å²) in [5.41, 5.74) is 4.79. The summed E-state index contributed by atoms with van der Waals surface area (Å²) in [6.45, 7) is 6.43. The van der Waals surface area contributed by atoms with Gasteiger partial charge in [-0.25, -0.2) is 28.1 Å². The van der Waals surface area contributed by atoms with Crippen LogP contribution in [0.1, 0.15) is 45.0 Å². The number of nitrogens with one attached hydrogen (secondary N) is 3. The molecule has 4 rings (SSSR count). The van der Waals surface area contributed by atoms with Gasteiger partial charge >= 0.3 is 5.97 Å². The zero-order chi connectivity index (χ0) is 29.7. The van der Waals surface area contributed by atoms with Crippen LogP contribution in [0.4, 0.5) is 30.5 Å². The number of unbranched alkanes of at least 4 members (excludes halogenated alkanes) is 1. The van der Waals surface area contributed by atoms with Gasteiger partial charge in [-0.3, -0.25) is 15.6 Å². The largest absolute Gasteiger partial charge is 0.481 e. The molecule has 0 amide bonds. The highest BCUT2D eigenvalue weighted by atomic mass is 35.5. The van der Waals surface area contributed by atoms with Crippen molar-refractivity contribution in [3.63, 3.8) is 0 Å². The third-order valence-corrected chi connectivity index (χ3v) is 7.56. The number of carbonyl (C=O) groups is 1. The molecule has 4 aromatic rings. The smallest absolute Gasteiger partial charge is 0.303 e. The quantitative estimate of drug-likeness (QED) is 0.102. The Kier molecular flexibility index (Phi) is 9.34. The number of rotatable bonds is 11. The molecule has 41 heavy (non-hydrogen) atoms. The first-order chi connectivity index (χ1) is 19.4. The van der Waals surface area contributed by atoms with Gasteiger partial charge in [-0.05, 0) is 43.2 Å². The van der Waals surface area contributed by atoms with Crippen LogP contribution >= 0.6 is 22.9 Å². The normalized spacial score (nSPS) is 11.4. The predicted octanol–water partition coefficient (Wildman–Crippen LogP) is 7.74. The molecule has 0 atom stereocenters. The van der Waals surface area contributed by atoms with E-state index in [0.29, 0.717) is 41.6 Å². The molecular formula is C28H28ClF3N6O2S. The van der Waals surface area contributed by atoms with Crippen LogP contribution in [0.2, 0.25) is 5.02 Å². The number of carboxylic acids is 1. The number of para-hydroxylation sites is 1. The minimum atomic E-state index is -0.855. The van der Waals surface area contributed by atoms with E-state index >= 15 is 4.39 Å². The maximum Gasteiger partial charge on any atom is 0.303 e. The molecule has 0 saturated heterocycles. The van der Waals surface area contributed by atoms with Crippen molar-refractivity contribution in [2.24, 2.45) is 0 Å². The van der Waals surface area contributed by atoms with E-state index in [1.807, 2.05) is 20.8 Å². The second kappa shape index (κ2) is 12.7. The summed E-state index contributed by atoms with van der Waals surface area (Å²) in [7, 11) is 0. The third kappa shape index (κ3) is 7.44. The Hall–Kier alpha value is -3.90. The summed E-state index contributed by atoms with van der Waals surface area (Å²) in [5, 5.41) is 12.8. The summed E-state index contributed by atoms with van der Waals surface area (Å²) in [5.74, 6) is -2.97. The number of benzene rings is 2. The number of anilines is 3. The molecule has 8 nitrogen and oxygen atoms in total. The first-order valence-corrected chi connectivity index (χ1v) is 13.9. The lowest BCUT2D eigenvalue weighted by atomic mass is 9.98. The second-order valence-corrected chi connectivity index (χ2v) is 11.6. The molecule has 0 aliphatic heterocycles. The molecule has 0 radical (unpaired) electrons. The monoisotopic (exact) mass is 604 g/mol. The van der Waals surface area contributed by atoms with Crippen molar-refractivity contribution < 1.29 is 23.1 Å². The Morgan fingerprint density at radius 2 is 1.78 bits per heavy atom. The highest BCUT2D eigenvalue weighted by molar-refractivity contribution is 7.15. The fourth-order valence-corrected chi connectivity index (χ4v) is 5.09. The lowest BCUT2D eigenvalue weighted by Crippen LogP contribution is -2.13. The van der Waals surface area contributed by atoms with Gasteiger partial charge in [-0.15, -0.1) is 11.3 Å². The number of nitrogens with zero attached hydrogens (tertiary/aromatic N) is 3. The van der Waals surface area contributed by atoms with Crippen LogP contribution < -0.4 is 16.2 Å². The van der Waals surface area contributed by atoms with Gasteiger partial charge in [0, 0.05) is 35.2 Å². The van der Waals surface area contributed by atoms with Crippen LogP contribution in [-0.4, -0.2) is 32.6 Å². The SMILES string of the molecule is CC(C)(C)c1nc(-c2cc(Cl)cc(NNc3c(F)cccc3F)c2F)c(-c2ccnc(NCCCCC(=O)O)n2)s1. The van der Waals surface area contributed by atoms with Gasteiger partial charge in [0.25, 0.3) is 0 Å². The zero-order valence-electron chi connectivity index (χ0n) is 22.5. The van der Waals surface area contributed by atoms with Crippen LogP contribution in [0.3, 0.4) is 0 Å². The van der Waals surface area contributed by atoms with Crippen LogP contribution in [0, 0.1) is 17.5 Å². The molecule has 13 heteroatoms. The molecule has 0 aliphatic rings. The summed E-state index contributed by atoms with van der Waals surface area (Å²) >= 11 is 7.71. The lowest BCUT2D eigenvalue weighted by molar-refractivity contribution is -0.137. The minimum Gasteiger partial charge on any atom is -0.481 e. The molecule has 2 aromatic heterocycles. The molecule has 0 spiro atoms. The summed E-state index contributed by atoms with van der Waals surface area (Å²) in [4.78, 5) is 24.9. The maximum absolute atomic E-state index is 15.9. The van der Waals surface area contributed by atoms with Gasteiger partial charge < -0.3 is 10.4 Å². The van der Waals surface area contributed by atoms with Crippen LogP contribution in [0.15, 0.2) is 42.6 Å². The molecule has 0 unspecified atom stereocenters. The fraction of sp³-hybridized carbons (Fsp3) is 0.286. The first kappa shape index (κ1) is 30.1. The highest BCUT2D eigenvalue weighted by Gasteiger charge is 2.26. The first-order valence-electron chi connectivity index (χ1n) is 12.7. The van der Waals surface area contributed by atoms with Gasteiger partial charge in [0.05, 0.1) is 27.0 Å². The van der Waals surface area contributed by atoms with Gasteiger partial charge in [-0.2, -0.15) is 0 Å². The molecule has 216 valence electrons. The van der Waals surface area contributed by atoms with E-state index < -0.39 is 29.1 Å². The summed E-state index contributed by atoms with van der Waals surface area (Å²) in [6, 6.07) is 7.77. The number of hydrazine groups is 1. The van der Waals surface area contributed by atoms with Crippen molar-refractivity contribution >= 4 is 46.2 Å².